The van der Waals surface area contributed by atoms with Crippen molar-refractivity contribution in [2.45, 2.75) is 26.2 Å². The maximum absolute atomic E-state index is 2.55. The molecule has 0 aromatic heterocycles. The first-order valence-electron chi connectivity index (χ1n) is 3.30. The van der Waals surface area contributed by atoms with E-state index in [9.17, 15) is 0 Å². The summed E-state index contributed by atoms with van der Waals surface area (Å²) in [5.41, 5.74) is 2.39. The van der Waals surface area contributed by atoms with Crippen molar-refractivity contribution in [2.75, 3.05) is 0 Å². The van der Waals surface area contributed by atoms with Gasteiger partial charge in [-0.2, -0.15) is 0 Å². The minimum absolute atomic E-state index is 0.978. The standard InChI is InChI=1S/C6H11I3Si/c1-2-3-4-5-6-10(7,8)9/h5-6H,2-4H2,1H3. The summed E-state index contributed by atoms with van der Waals surface area (Å²) in [7, 11) is 0. The molecule has 0 atom stereocenters. The van der Waals surface area contributed by atoms with Gasteiger partial charge in [0.1, 0.15) is 0 Å². The zero-order chi connectivity index (χ0) is 8.04. The summed E-state index contributed by atoms with van der Waals surface area (Å²) in [6, 6.07) is 0. The Morgan fingerprint density at radius 2 is 1.90 bits per heavy atom. The minimum Gasteiger partial charge on any atom is -0.0901 e. The molecule has 0 radical (unpaired) electrons. The van der Waals surface area contributed by atoms with Crippen LogP contribution in [0.5, 0.6) is 0 Å². The van der Waals surface area contributed by atoms with Crippen LogP contribution < -0.4 is 0 Å². The van der Waals surface area contributed by atoms with Gasteiger partial charge in [0.25, 0.3) is 0.564 Å². The van der Waals surface area contributed by atoms with Gasteiger partial charge in [-0.05, 0) is 6.42 Å². The molecular formula is C6H11I3Si. The van der Waals surface area contributed by atoms with E-state index < -0.39 is 0.564 Å². The number of hydrogen-bond donors (Lipinski definition) is 0. The molecule has 0 saturated heterocycles. The molecule has 10 heavy (non-hydrogen) atoms. The molecule has 60 valence electrons. The SMILES string of the molecule is CCCCC=C[Si](I)(I)I. The van der Waals surface area contributed by atoms with Crippen molar-refractivity contribution in [3.05, 3.63) is 11.8 Å². The highest BCUT2D eigenvalue weighted by Crippen LogP contribution is 2.30. The van der Waals surface area contributed by atoms with E-state index in [-0.39, 0.29) is 0 Å². The fourth-order valence-electron chi connectivity index (χ4n) is 0.539. The van der Waals surface area contributed by atoms with E-state index in [1.165, 1.54) is 19.3 Å². The Morgan fingerprint density at radius 3 is 2.30 bits per heavy atom. The molecule has 0 fully saturated rings. The second-order valence-electron chi connectivity index (χ2n) is 2.09. The number of allylic oxidation sites excluding steroid dienone is 1. The van der Waals surface area contributed by atoms with Crippen molar-refractivity contribution in [3.8, 4) is 0 Å². The average Bonchev–Trinajstić information content (AvgIpc) is 1.78. The largest absolute Gasteiger partial charge is 0.276 e. The first kappa shape index (κ1) is 12.1. The van der Waals surface area contributed by atoms with Crippen LogP contribution >= 0.6 is 65.4 Å². The van der Waals surface area contributed by atoms with E-state index in [2.05, 4.69) is 84.1 Å². The van der Waals surface area contributed by atoms with Crippen LogP contribution in [0.15, 0.2) is 11.8 Å². The summed E-state index contributed by atoms with van der Waals surface area (Å²) < 4.78 is -0.978. The summed E-state index contributed by atoms with van der Waals surface area (Å²) in [5.74, 6) is 0. The van der Waals surface area contributed by atoms with Gasteiger partial charge in [0, 0.05) is 0 Å². The molecule has 0 N–H and O–H groups in total. The molecule has 0 rings (SSSR count). The van der Waals surface area contributed by atoms with Crippen molar-refractivity contribution in [1.82, 2.24) is 0 Å². The molecule has 0 spiro atoms. The van der Waals surface area contributed by atoms with E-state index in [4.69, 9.17) is 0 Å². The van der Waals surface area contributed by atoms with Gasteiger partial charge >= 0.3 is 0 Å². The summed E-state index contributed by atoms with van der Waals surface area (Å²) in [4.78, 5) is 0. The van der Waals surface area contributed by atoms with Gasteiger partial charge in [0.05, 0.1) is 0 Å². The maximum atomic E-state index is 2.55. The fraction of sp³-hybridized carbons (Fsp3) is 0.667. The Hall–Kier alpha value is 2.15. The van der Waals surface area contributed by atoms with E-state index in [1.807, 2.05) is 0 Å². The van der Waals surface area contributed by atoms with Crippen LogP contribution in [0.4, 0.5) is 0 Å². The highest BCUT2D eigenvalue weighted by Gasteiger charge is 2.15. The third kappa shape index (κ3) is 10.1. The second kappa shape index (κ2) is 6.64. The summed E-state index contributed by atoms with van der Waals surface area (Å²) in [6.07, 6.45) is 6.24. The Bertz CT molecular complexity index is 106. The Kier molecular flexibility index (Phi) is 8.07. The molecule has 0 amide bonds. The molecule has 4 heteroatoms. The van der Waals surface area contributed by atoms with Crippen LogP contribution in [0, 0.1) is 0 Å². The van der Waals surface area contributed by atoms with Gasteiger partial charge in [-0.3, -0.25) is 0 Å². The fourth-order valence-corrected chi connectivity index (χ4v) is 3.26. The molecule has 0 aromatic rings. The third-order valence-electron chi connectivity index (χ3n) is 1.03. The van der Waals surface area contributed by atoms with Crippen LogP contribution in [0.1, 0.15) is 26.2 Å². The van der Waals surface area contributed by atoms with Gasteiger partial charge in [0.2, 0.25) is 0 Å². The molecule has 0 saturated carbocycles. The van der Waals surface area contributed by atoms with E-state index in [1.54, 1.807) is 0 Å². The van der Waals surface area contributed by atoms with E-state index in [0.717, 1.165) is 0 Å². The first-order chi connectivity index (χ1) is 4.56. The molecule has 0 heterocycles. The number of unbranched alkanes of at least 4 members (excludes halogenated alkanes) is 2. The average molecular weight is 492 g/mol. The molecule has 0 nitrogen and oxygen atoms in total. The third-order valence-corrected chi connectivity index (χ3v) is 4.88. The van der Waals surface area contributed by atoms with Crippen LogP contribution in [0.2, 0.25) is 0 Å². The van der Waals surface area contributed by atoms with Gasteiger partial charge in [-0.1, -0.05) is 96.9 Å². The second-order valence-corrected chi connectivity index (χ2v) is 37.4. The minimum atomic E-state index is -0.978. The normalized spacial score (nSPS) is 12.8. The number of halogens is 3. The predicted octanol–water partition coefficient (Wildman–Crippen LogP) is 4.52. The monoisotopic (exact) mass is 492 g/mol. The van der Waals surface area contributed by atoms with Crippen molar-refractivity contribution >= 4 is 66.0 Å². The van der Waals surface area contributed by atoms with Crippen molar-refractivity contribution < 1.29 is 0 Å². The Balaban J connectivity index is 3.37. The quantitative estimate of drug-likeness (QED) is 0.235. The lowest BCUT2D eigenvalue weighted by Crippen LogP contribution is -1.98. The van der Waals surface area contributed by atoms with Crippen LogP contribution in [0.3, 0.4) is 0 Å². The summed E-state index contributed by atoms with van der Waals surface area (Å²) in [5, 5.41) is 0. The molecule has 0 aliphatic carbocycles. The van der Waals surface area contributed by atoms with Crippen LogP contribution in [-0.2, 0) is 0 Å². The number of rotatable bonds is 4. The summed E-state index contributed by atoms with van der Waals surface area (Å²) in [6.45, 7) is 2.23. The van der Waals surface area contributed by atoms with Crippen molar-refractivity contribution in [3.63, 3.8) is 0 Å². The lowest BCUT2D eigenvalue weighted by Gasteiger charge is -1.99. The van der Waals surface area contributed by atoms with Crippen LogP contribution in [-0.4, -0.2) is 0.564 Å². The number of hydrogen-bond acceptors (Lipinski definition) is 0. The summed E-state index contributed by atoms with van der Waals surface area (Å²) >= 11 is 7.66. The molecule has 0 unspecified atom stereocenters. The highest BCUT2D eigenvalue weighted by molar-refractivity contribution is 14.4. The first-order valence-corrected chi connectivity index (χ1v) is 14.7. The van der Waals surface area contributed by atoms with Gasteiger partial charge in [-0.25, -0.2) is 0 Å². The maximum Gasteiger partial charge on any atom is 0.276 e. The molecular weight excluding hydrogens is 481 g/mol. The molecule has 0 bridgehead atoms. The van der Waals surface area contributed by atoms with Gasteiger partial charge in [-0.15, -0.1) is 0 Å². The molecule has 0 aliphatic heterocycles. The molecule has 0 aliphatic rings. The topological polar surface area (TPSA) is 0 Å². The Morgan fingerprint density at radius 1 is 1.30 bits per heavy atom. The van der Waals surface area contributed by atoms with Crippen LogP contribution in [0.25, 0.3) is 0 Å². The zero-order valence-corrected chi connectivity index (χ0v) is 13.4. The smallest absolute Gasteiger partial charge is 0.0901 e. The van der Waals surface area contributed by atoms with Gasteiger partial charge < -0.3 is 0 Å². The lowest BCUT2D eigenvalue weighted by atomic mass is 10.2. The predicted molar refractivity (Wildman–Crippen MR) is 76.5 cm³/mol. The Labute approximate surface area is 102 Å². The van der Waals surface area contributed by atoms with E-state index in [0.29, 0.717) is 0 Å². The van der Waals surface area contributed by atoms with Crippen molar-refractivity contribution in [1.29, 1.82) is 0 Å². The lowest BCUT2D eigenvalue weighted by molar-refractivity contribution is 0.815. The van der Waals surface area contributed by atoms with Crippen molar-refractivity contribution in [2.24, 2.45) is 0 Å². The zero-order valence-electron chi connectivity index (χ0n) is 5.91. The van der Waals surface area contributed by atoms with Gasteiger partial charge in [0.15, 0.2) is 0 Å². The highest BCUT2D eigenvalue weighted by atomic mass is 127. The molecule has 0 aromatic carbocycles. The van der Waals surface area contributed by atoms with E-state index >= 15 is 0 Å².